The Balaban J connectivity index is 0.00000392. The van der Waals surface area contributed by atoms with Gasteiger partial charge in [-0.1, -0.05) is 23.8 Å². The minimum Gasteiger partial charge on any atom is -0.494 e. The highest BCUT2D eigenvalue weighted by Crippen LogP contribution is 2.27. The smallest absolute Gasteiger partial charge is 0.188 e. The Labute approximate surface area is 184 Å². The Hall–Kier alpha value is -2.16. The van der Waals surface area contributed by atoms with E-state index in [4.69, 9.17) is 19.9 Å². The number of methoxy groups -OCH3 is 2. The van der Waals surface area contributed by atoms with Crippen LogP contribution in [0.4, 0.5) is 0 Å². The molecule has 7 heteroatoms. The monoisotopic (exact) mass is 499 g/mol. The fourth-order valence-corrected chi connectivity index (χ4v) is 2.48. The molecule has 0 aliphatic carbocycles. The molecular formula is C21H30IN3O3. The van der Waals surface area contributed by atoms with Crippen molar-refractivity contribution in [3.05, 3.63) is 53.6 Å². The molecule has 0 spiro atoms. The first-order valence-corrected chi connectivity index (χ1v) is 9.06. The lowest BCUT2D eigenvalue weighted by molar-refractivity contribution is 0.307. The molecule has 0 aromatic heterocycles. The minimum atomic E-state index is 0. The van der Waals surface area contributed by atoms with Crippen LogP contribution >= 0.6 is 24.0 Å². The van der Waals surface area contributed by atoms with E-state index in [-0.39, 0.29) is 24.0 Å². The summed E-state index contributed by atoms with van der Waals surface area (Å²) in [4.78, 5) is 4.35. The Kier molecular flexibility index (Phi) is 11.2. The van der Waals surface area contributed by atoms with E-state index < -0.39 is 0 Å². The third-order valence-electron chi connectivity index (χ3n) is 4.05. The molecule has 2 aromatic rings. The maximum atomic E-state index is 5.92. The first-order valence-electron chi connectivity index (χ1n) is 9.06. The van der Waals surface area contributed by atoms with Crippen LogP contribution in [0.5, 0.6) is 17.2 Å². The summed E-state index contributed by atoms with van der Waals surface area (Å²) < 4.78 is 16.2. The molecule has 0 radical (unpaired) electrons. The van der Waals surface area contributed by atoms with Gasteiger partial charge in [-0.05, 0) is 49.6 Å². The SMILES string of the molecule is COc1ccc(CN=C(N)NCCCCOc2ccc(C)cc2)cc1OC.I. The molecule has 0 amide bonds. The summed E-state index contributed by atoms with van der Waals surface area (Å²) in [6, 6.07) is 13.8. The van der Waals surface area contributed by atoms with Crippen LogP contribution in [0.1, 0.15) is 24.0 Å². The van der Waals surface area contributed by atoms with Crippen molar-refractivity contribution in [2.45, 2.75) is 26.3 Å². The molecule has 2 aromatic carbocycles. The molecular weight excluding hydrogens is 469 g/mol. The molecule has 0 bridgehead atoms. The van der Waals surface area contributed by atoms with Gasteiger partial charge in [0.25, 0.3) is 0 Å². The maximum Gasteiger partial charge on any atom is 0.188 e. The van der Waals surface area contributed by atoms with Crippen LogP contribution in [0.15, 0.2) is 47.5 Å². The largest absolute Gasteiger partial charge is 0.494 e. The molecule has 6 nitrogen and oxygen atoms in total. The second-order valence-electron chi connectivity index (χ2n) is 6.19. The van der Waals surface area contributed by atoms with Gasteiger partial charge in [0, 0.05) is 6.54 Å². The molecule has 2 rings (SSSR count). The van der Waals surface area contributed by atoms with Gasteiger partial charge in [-0.15, -0.1) is 24.0 Å². The van der Waals surface area contributed by atoms with E-state index in [1.807, 2.05) is 42.5 Å². The van der Waals surface area contributed by atoms with Crippen LogP contribution in [0.2, 0.25) is 0 Å². The number of nitrogens with one attached hydrogen (secondary N) is 1. The third kappa shape index (κ3) is 8.24. The van der Waals surface area contributed by atoms with E-state index in [0.717, 1.165) is 30.7 Å². The van der Waals surface area contributed by atoms with Gasteiger partial charge in [-0.25, -0.2) is 4.99 Å². The zero-order valence-corrected chi connectivity index (χ0v) is 19.1. The number of ether oxygens (including phenoxy) is 3. The molecule has 154 valence electrons. The van der Waals surface area contributed by atoms with Crippen LogP contribution < -0.4 is 25.3 Å². The van der Waals surface area contributed by atoms with Crippen LogP contribution in [-0.4, -0.2) is 33.3 Å². The highest BCUT2D eigenvalue weighted by Gasteiger charge is 2.04. The summed E-state index contributed by atoms with van der Waals surface area (Å²) >= 11 is 0. The number of nitrogens with zero attached hydrogens (tertiary/aromatic N) is 1. The lowest BCUT2D eigenvalue weighted by atomic mass is 10.2. The number of rotatable bonds is 10. The van der Waals surface area contributed by atoms with Crippen LogP contribution in [-0.2, 0) is 6.54 Å². The third-order valence-corrected chi connectivity index (χ3v) is 4.05. The zero-order valence-electron chi connectivity index (χ0n) is 16.7. The topological polar surface area (TPSA) is 78.1 Å². The quantitative estimate of drug-likeness (QED) is 0.225. The summed E-state index contributed by atoms with van der Waals surface area (Å²) in [6.07, 6.45) is 1.91. The van der Waals surface area contributed by atoms with Gasteiger partial charge >= 0.3 is 0 Å². The van der Waals surface area contributed by atoms with Gasteiger partial charge in [-0.3, -0.25) is 0 Å². The molecule has 0 aliphatic rings. The van der Waals surface area contributed by atoms with Crippen molar-refractivity contribution in [3.63, 3.8) is 0 Å². The van der Waals surface area contributed by atoms with Gasteiger partial charge in [0.05, 0.1) is 27.4 Å². The summed E-state index contributed by atoms with van der Waals surface area (Å²) in [5.41, 5.74) is 8.15. The lowest BCUT2D eigenvalue weighted by Crippen LogP contribution is -2.32. The normalized spacial score (nSPS) is 10.8. The van der Waals surface area contributed by atoms with Crippen molar-refractivity contribution < 1.29 is 14.2 Å². The van der Waals surface area contributed by atoms with Crippen molar-refractivity contribution in [3.8, 4) is 17.2 Å². The number of nitrogens with two attached hydrogens (primary N) is 1. The van der Waals surface area contributed by atoms with Gasteiger partial charge in [-0.2, -0.15) is 0 Å². The molecule has 0 heterocycles. The molecule has 0 fully saturated rings. The average Bonchev–Trinajstić information content (AvgIpc) is 2.70. The molecule has 0 saturated carbocycles. The minimum absolute atomic E-state index is 0. The first-order chi connectivity index (χ1) is 13.1. The Morgan fingerprint density at radius 1 is 1.00 bits per heavy atom. The van der Waals surface area contributed by atoms with Crippen molar-refractivity contribution in [1.29, 1.82) is 0 Å². The van der Waals surface area contributed by atoms with Gasteiger partial charge in [0.2, 0.25) is 0 Å². The molecule has 3 N–H and O–H groups in total. The van der Waals surface area contributed by atoms with Crippen molar-refractivity contribution >= 4 is 29.9 Å². The second kappa shape index (κ2) is 13.1. The molecule has 0 aliphatic heterocycles. The second-order valence-corrected chi connectivity index (χ2v) is 6.19. The average molecular weight is 499 g/mol. The van der Waals surface area contributed by atoms with E-state index >= 15 is 0 Å². The number of benzene rings is 2. The molecule has 28 heavy (non-hydrogen) atoms. The van der Waals surface area contributed by atoms with Crippen LogP contribution in [0.25, 0.3) is 0 Å². The summed E-state index contributed by atoms with van der Waals surface area (Å²) in [5.74, 6) is 2.73. The number of aryl methyl sites for hydroxylation is 1. The Morgan fingerprint density at radius 2 is 1.71 bits per heavy atom. The van der Waals surface area contributed by atoms with E-state index in [0.29, 0.717) is 30.6 Å². The molecule has 0 atom stereocenters. The van der Waals surface area contributed by atoms with E-state index in [1.54, 1.807) is 14.2 Å². The predicted molar refractivity (Wildman–Crippen MR) is 124 cm³/mol. The lowest BCUT2D eigenvalue weighted by Gasteiger charge is -2.09. The number of hydrogen-bond acceptors (Lipinski definition) is 4. The van der Waals surface area contributed by atoms with E-state index in [9.17, 15) is 0 Å². The van der Waals surface area contributed by atoms with Crippen LogP contribution in [0, 0.1) is 6.92 Å². The van der Waals surface area contributed by atoms with Gasteiger partial charge in [0.1, 0.15) is 5.75 Å². The number of halogens is 1. The highest BCUT2D eigenvalue weighted by molar-refractivity contribution is 14.0. The van der Waals surface area contributed by atoms with Gasteiger partial charge < -0.3 is 25.3 Å². The maximum absolute atomic E-state index is 5.92. The summed E-state index contributed by atoms with van der Waals surface area (Å²) in [7, 11) is 3.23. The fraction of sp³-hybridized carbons (Fsp3) is 0.381. The number of unbranched alkanes of at least 4 members (excludes halogenated alkanes) is 1. The predicted octanol–water partition coefficient (Wildman–Crippen LogP) is 3.89. The molecule has 0 unspecified atom stereocenters. The van der Waals surface area contributed by atoms with Crippen molar-refractivity contribution in [2.75, 3.05) is 27.4 Å². The Morgan fingerprint density at radius 3 is 2.39 bits per heavy atom. The molecule has 0 saturated heterocycles. The first kappa shape index (κ1) is 23.9. The van der Waals surface area contributed by atoms with Crippen LogP contribution in [0.3, 0.4) is 0 Å². The standard InChI is InChI=1S/C21H29N3O3.HI/c1-16-6-9-18(10-7-16)27-13-5-4-12-23-21(22)24-15-17-8-11-19(25-2)20(14-17)26-3;/h6-11,14H,4-5,12-13,15H2,1-3H3,(H3,22,23,24);1H. The van der Waals surface area contributed by atoms with E-state index in [1.165, 1.54) is 5.56 Å². The summed E-state index contributed by atoms with van der Waals surface area (Å²) in [5, 5.41) is 3.13. The Bertz CT molecular complexity index is 736. The highest BCUT2D eigenvalue weighted by atomic mass is 127. The number of guanidine groups is 1. The van der Waals surface area contributed by atoms with Gasteiger partial charge in [0.15, 0.2) is 17.5 Å². The van der Waals surface area contributed by atoms with E-state index in [2.05, 4.69) is 17.2 Å². The fourth-order valence-electron chi connectivity index (χ4n) is 2.48. The van der Waals surface area contributed by atoms with Crippen molar-refractivity contribution in [2.24, 2.45) is 10.7 Å². The summed E-state index contributed by atoms with van der Waals surface area (Å²) in [6.45, 7) is 3.99. The zero-order chi connectivity index (χ0) is 19.5. The number of aliphatic imine (C=N–C) groups is 1. The number of hydrogen-bond donors (Lipinski definition) is 2. The van der Waals surface area contributed by atoms with Crippen molar-refractivity contribution in [1.82, 2.24) is 5.32 Å².